The maximum atomic E-state index is 5.73. The Bertz CT molecular complexity index is 335. The van der Waals surface area contributed by atoms with Crippen LogP contribution in [0.5, 0.6) is 5.75 Å². The molecule has 2 heteroatoms. The van der Waals surface area contributed by atoms with Crippen LogP contribution in [0.4, 0.5) is 5.69 Å². The summed E-state index contributed by atoms with van der Waals surface area (Å²) in [4.78, 5) is 0. The summed E-state index contributed by atoms with van der Waals surface area (Å²) in [6.45, 7) is 5.18. The molecule has 0 fully saturated rings. The Morgan fingerprint density at radius 1 is 1.40 bits per heavy atom. The topological polar surface area (TPSA) is 21.3 Å². The molecule has 2 rings (SSSR count). The number of anilines is 1. The molecule has 1 aliphatic rings. The molecule has 1 aliphatic heterocycles. The first-order valence-electron chi connectivity index (χ1n) is 5.85. The highest BCUT2D eigenvalue weighted by Gasteiger charge is 2.17. The Labute approximate surface area is 91.6 Å². The molecule has 0 saturated heterocycles. The molecule has 1 N–H and O–H groups in total. The third-order valence-electron chi connectivity index (χ3n) is 2.89. The Morgan fingerprint density at radius 2 is 2.27 bits per heavy atom. The van der Waals surface area contributed by atoms with Crippen molar-refractivity contribution >= 4 is 5.69 Å². The lowest BCUT2D eigenvalue weighted by Crippen LogP contribution is -2.31. The smallest absolute Gasteiger partial charge is 0.142 e. The fraction of sp³-hybridized carbons (Fsp3) is 0.538. The first kappa shape index (κ1) is 10.3. The highest BCUT2D eigenvalue weighted by atomic mass is 16.5. The lowest BCUT2D eigenvalue weighted by Gasteiger charge is -2.27. The maximum absolute atomic E-state index is 5.73. The zero-order valence-corrected chi connectivity index (χ0v) is 9.55. The summed E-state index contributed by atoms with van der Waals surface area (Å²) in [5.41, 5.74) is 2.53. The van der Waals surface area contributed by atoms with Gasteiger partial charge in [-0.05, 0) is 30.5 Å². The van der Waals surface area contributed by atoms with E-state index in [0.29, 0.717) is 6.04 Å². The van der Waals surface area contributed by atoms with Gasteiger partial charge in [0.15, 0.2) is 0 Å². The van der Waals surface area contributed by atoms with Crippen LogP contribution in [0, 0.1) is 0 Å². The van der Waals surface area contributed by atoms with Gasteiger partial charge in [-0.25, -0.2) is 0 Å². The fourth-order valence-electron chi connectivity index (χ4n) is 1.99. The second-order valence-corrected chi connectivity index (χ2v) is 4.13. The highest BCUT2D eigenvalue weighted by Crippen LogP contribution is 2.30. The fourth-order valence-corrected chi connectivity index (χ4v) is 1.99. The van der Waals surface area contributed by atoms with E-state index in [4.69, 9.17) is 4.74 Å². The molecular formula is C13H19NO. The predicted octanol–water partition coefficient (Wildman–Crippen LogP) is 3.22. The van der Waals surface area contributed by atoms with Gasteiger partial charge < -0.3 is 10.1 Å². The SMILES string of the molecule is CCCC1COc2ccc(CC)cc2N1. The molecule has 1 unspecified atom stereocenters. The molecule has 1 atom stereocenters. The van der Waals surface area contributed by atoms with E-state index in [0.717, 1.165) is 18.8 Å². The number of hydrogen-bond donors (Lipinski definition) is 1. The van der Waals surface area contributed by atoms with Crippen LogP contribution in [0.1, 0.15) is 32.3 Å². The van der Waals surface area contributed by atoms with Crippen LogP contribution in [0.3, 0.4) is 0 Å². The van der Waals surface area contributed by atoms with Crippen molar-refractivity contribution in [3.63, 3.8) is 0 Å². The van der Waals surface area contributed by atoms with Crippen LogP contribution in [-0.4, -0.2) is 12.6 Å². The van der Waals surface area contributed by atoms with Crippen LogP contribution in [0.2, 0.25) is 0 Å². The van der Waals surface area contributed by atoms with Gasteiger partial charge in [-0.3, -0.25) is 0 Å². The van der Waals surface area contributed by atoms with Crippen molar-refractivity contribution in [2.75, 3.05) is 11.9 Å². The lowest BCUT2D eigenvalue weighted by molar-refractivity contribution is 0.277. The van der Waals surface area contributed by atoms with Crippen molar-refractivity contribution < 1.29 is 4.74 Å². The maximum Gasteiger partial charge on any atom is 0.142 e. The lowest BCUT2D eigenvalue weighted by atomic mass is 10.1. The Balaban J connectivity index is 2.16. The van der Waals surface area contributed by atoms with Crippen molar-refractivity contribution in [2.24, 2.45) is 0 Å². The van der Waals surface area contributed by atoms with Crippen LogP contribution in [-0.2, 0) is 6.42 Å². The van der Waals surface area contributed by atoms with Crippen molar-refractivity contribution in [2.45, 2.75) is 39.2 Å². The second kappa shape index (κ2) is 4.56. The summed E-state index contributed by atoms with van der Waals surface area (Å²) in [5, 5.41) is 3.55. The first-order chi connectivity index (χ1) is 7.33. The minimum atomic E-state index is 0.481. The summed E-state index contributed by atoms with van der Waals surface area (Å²) >= 11 is 0. The number of aryl methyl sites for hydroxylation is 1. The molecule has 0 aliphatic carbocycles. The molecule has 1 aromatic carbocycles. The average Bonchev–Trinajstić information content (AvgIpc) is 2.28. The summed E-state index contributed by atoms with van der Waals surface area (Å²) in [5.74, 6) is 1.000. The number of hydrogen-bond acceptors (Lipinski definition) is 2. The van der Waals surface area contributed by atoms with E-state index >= 15 is 0 Å². The Morgan fingerprint density at radius 3 is 3.00 bits per heavy atom. The molecule has 0 spiro atoms. The largest absolute Gasteiger partial charge is 0.489 e. The van der Waals surface area contributed by atoms with Crippen molar-refractivity contribution in [3.8, 4) is 5.75 Å². The van der Waals surface area contributed by atoms with Crippen LogP contribution < -0.4 is 10.1 Å². The number of nitrogens with one attached hydrogen (secondary N) is 1. The van der Waals surface area contributed by atoms with E-state index in [-0.39, 0.29) is 0 Å². The molecular weight excluding hydrogens is 186 g/mol. The summed E-state index contributed by atoms with van der Waals surface area (Å²) < 4.78 is 5.73. The van der Waals surface area contributed by atoms with Crippen LogP contribution in [0.15, 0.2) is 18.2 Å². The summed E-state index contributed by atoms with van der Waals surface area (Å²) in [7, 11) is 0. The molecule has 1 heterocycles. The molecule has 0 aromatic heterocycles. The van der Waals surface area contributed by atoms with Gasteiger partial charge in [0.05, 0.1) is 11.7 Å². The molecule has 1 aromatic rings. The van der Waals surface area contributed by atoms with Gasteiger partial charge in [0.2, 0.25) is 0 Å². The molecule has 15 heavy (non-hydrogen) atoms. The quantitative estimate of drug-likeness (QED) is 0.818. The monoisotopic (exact) mass is 205 g/mol. The highest BCUT2D eigenvalue weighted by molar-refractivity contribution is 5.60. The normalized spacial score (nSPS) is 18.9. The third-order valence-corrected chi connectivity index (χ3v) is 2.89. The second-order valence-electron chi connectivity index (χ2n) is 4.13. The standard InChI is InChI=1S/C13H19NO/c1-3-5-11-9-15-13-7-6-10(4-2)8-12(13)14-11/h6-8,11,14H,3-5,9H2,1-2H3. The minimum absolute atomic E-state index is 0.481. The van der Waals surface area contributed by atoms with Crippen molar-refractivity contribution in [1.29, 1.82) is 0 Å². The summed E-state index contributed by atoms with van der Waals surface area (Å²) in [6, 6.07) is 6.90. The zero-order valence-electron chi connectivity index (χ0n) is 9.55. The van der Waals surface area contributed by atoms with Crippen LogP contribution in [0.25, 0.3) is 0 Å². The molecule has 0 saturated carbocycles. The number of rotatable bonds is 3. The van der Waals surface area contributed by atoms with Gasteiger partial charge in [-0.1, -0.05) is 26.3 Å². The number of fused-ring (bicyclic) bond motifs is 1. The van der Waals surface area contributed by atoms with Gasteiger partial charge in [-0.2, -0.15) is 0 Å². The zero-order chi connectivity index (χ0) is 10.7. The van der Waals surface area contributed by atoms with Gasteiger partial charge in [0, 0.05) is 0 Å². The van der Waals surface area contributed by atoms with E-state index in [9.17, 15) is 0 Å². The molecule has 0 bridgehead atoms. The van der Waals surface area contributed by atoms with Gasteiger partial charge in [0.25, 0.3) is 0 Å². The predicted molar refractivity (Wildman–Crippen MR) is 63.6 cm³/mol. The Hall–Kier alpha value is -1.18. The number of benzene rings is 1. The summed E-state index contributed by atoms with van der Waals surface area (Å²) in [6.07, 6.45) is 3.45. The molecule has 0 amide bonds. The first-order valence-corrected chi connectivity index (χ1v) is 5.85. The van der Waals surface area contributed by atoms with E-state index < -0.39 is 0 Å². The van der Waals surface area contributed by atoms with Gasteiger partial charge in [-0.15, -0.1) is 0 Å². The van der Waals surface area contributed by atoms with Gasteiger partial charge >= 0.3 is 0 Å². The molecule has 82 valence electrons. The van der Waals surface area contributed by atoms with E-state index in [1.54, 1.807) is 0 Å². The van der Waals surface area contributed by atoms with Crippen LogP contribution >= 0.6 is 0 Å². The van der Waals surface area contributed by atoms with E-state index in [1.807, 2.05) is 0 Å². The van der Waals surface area contributed by atoms with E-state index in [1.165, 1.54) is 24.1 Å². The third kappa shape index (κ3) is 2.25. The van der Waals surface area contributed by atoms with E-state index in [2.05, 4.69) is 37.4 Å². The molecule has 0 radical (unpaired) electrons. The molecule has 2 nitrogen and oxygen atoms in total. The van der Waals surface area contributed by atoms with Gasteiger partial charge in [0.1, 0.15) is 12.4 Å². The minimum Gasteiger partial charge on any atom is -0.489 e. The average molecular weight is 205 g/mol. The number of ether oxygens (including phenoxy) is 1. The van der Waals surface area contributed by atoms with Crippen molar-refractivity contribution in [1.82, 2.24) is 0 Å². The Kier molecular flexibility index (Phi) is 3.14. The van der Waals surface area contributed by atoms with Crippen molar-refractivity contribution in [3.05, 3.63) is 23.8 Å².